The third-order valence-corrected chi connectivity index (χ3v) is 5.59. The van der Waals surface area contributed by atoms with E-state index < -0.39 is 36.7 Å². The van der Waals surface area contributed by atoms with Crippen molar-refractivity contribution >= 4 is 41.2 Å². The van der Waals surface area contributed by atoms with Crippen molar-refractivity contribution < 1.29 is 23.9 Å². The van der Waals surface area contributed by atoms with E-state index in [1.807, 2.05) is 17.9 Å². The number of guanidine groups is 1. The third kappa shape index (κ3) is 2.86. The molecule has 0 saturated carbocycles. The van der Waals surface area contributed by atoms with Gasteiger partial charge in [0.05, 0.1) is 24.9 Å². The predicted molar refractivity (Wildman–Crippen MR) is 108 cm³/mol. The maximum atomic E-state index is 13.1. The number of carbonyl (C=O) groups excluding carboxylic acids is 3. The Morgan fingerprint density at radius 1 is 1.27 bits per heavy atom. The standard InChI is InChI=1S/C19H20ClN5O5/c1-10-8-23-15-16(22(2)19(28)24(17(15)27)9-14(26)30-4)21-18(23)25(10)11-5-6-13(29-3)12(20)7-11/h5-8,15-16H,9H2,1-4H3. The van der Waals surface area contributed by atoms with Crippen molar-refractivity contribution in [3.05, 3.63) is 35.1 Å². The molecule has 2 unspecified atom stereocenters. The van der Waals surface area contributed by atoms with Crippen molar-refractivity contribution in [3.8, 4) is 5.75 Å². The Balaban J connectivity index is 1.69. The van der Waals surface area contributed by atoms with Crippen LogP contribution in [-0.4, -0.2) is 78.6 Å². The number of methoxy groups -OCH3 is 2. The van der Waals surface area contributed by atoms with Crippen LogP contribution in [0.1, 0.15) is 6.92 Å². The highest BCUT2D eigenvalue weighted by Crippen LogP contribution is 2.38. The molecule has 30 heavy (non-hydrogen) atoms. The molecule has 1 aromatic carbocycles. The summed E-state index contributed by atoms with van der Waals surface area (Å²) >= 11 is 6.29. The molecule has 0 aromatic heterocycles. The van der Waals surface area contributed by atoms with Gasteiger partial charge >= 0.3 is 12.0 Å². The molecule has 3 aliphatic rings. The van der Waals surface area contributed by atoms with Crippen LogP contribution in [-0.2, 0) is 14.3 Å². The number of nitrogens with zero attached hydrogens (tertiary/aromatic N) is 5. The lowest BCUT2D eigenvalue weighted by atomic mass is 10.1. The number of esters is 1. The Labute approximate surface area is 177 Å². The van der Waals surface area contributed by atoms with E-state index >= 15 is 0 Å². The largest absolute Gasteiger partial charge is 0.495 e. The fourth-order valence-corrected chi connectivity index (χ4v) is 4.06. The second kappa shape index (κ2) is 7.21. The normalized spacial score (nSPS) is 22.7. The van der Waals surface area contributed by atoms with E-state index in [0.29, 0.717) is 16.7 Å². The quantitative estimate of drug-likeness (QED) is 0.663. The van der Waals surface area contributed by atoms with Crippen LogP contribution in [0.25, 0.3) is 0 Å². The number of hydrogen-bond donors (Lipinski definition) is 0. The zero-order valence-corrected chi connectivity index (χ0v) is 17.6. The van der Waals surface area contributed by atoms with Crippen LogP contribution in [0.3, 0.4) is 0 Å². The van der Waals surface area contributed by atoms with Gasteiger partial charge in [0.1, 0.15) is 12.3 Å². The number of aliphatic imine (C=N–C) groups is 1. The van der Waals surface area contributed by atoms with Gasteiger partial charge in [-0.25, -0.2) is 9.79 Å². The molecule has 0 spiro atoms. The average Bonchev–Trinajstić information content (AvgIpc) is 3.23. The number of benzene rings is 1. The van der Waals surface area contributed by atoms with Crippen LogP contribution in [0.5, 0.6) is 5.75 Å². The van der Waals surface area contributed by atoms with Gasteiger partial charge in [-0.15, -0.1) is 0 Å². The first-order valence-corrected chi connectivity index (χ1v) is 9.49. The SMILES string of the molecule is COC(=O)CN1C(=O)C2C(N=C3N(c4ccc(OC)c(Cl)c4)C(C)=CN32)N(C)C1=O. The molecule has 10 nitrogen and oxygen atoms in total. The van der Waals surface area contributed by atoms with Gasteiger partial charge in [0.2, 0.25) is 5.96 Å². The van der Waals surface area contributed by atoms with Gasteiger partial charge in [-0.1, -0.05) is 11.6 Å². The van der Waals surface area contributed by atoms with E-state index in [4.69, 9.17) is 16.3 Å². The molecule has 1 saturated heterocycles. The lowest BCUT2D eigenvalue weighted by molar-refractivity contribution is -0.148. The van der Waals surface area contributed by atoms with E-state index in [9.17, 15) is 14.4 Å². The highest BCUT2D eigenvalue weighted by atomic mass is 35.5. The number of likely N-dealkylation sites (N-methyl/N-ethyl adjacent to an activating group) is 1. The molecule has 0 radical (unpaired) electrons. The molecular weight excluding hydrogens is 414 g/mol. The van der Waals surface area contributed by atoms with E-state index in [-0.39, 0.29) is 0 Å². The summed E-state index contributed by atoms with van der Waals surface area (Å²) in [6, 6.07) is 3.94. The minimum atomic E-state index is -0.777. The van der Waals surface area contributed by atoms with Crippen LogP contribution in [0.4, 0.5) is 10.5 Å². The Morgan fingerprint density at radius 3 is 2.63 bits per heavy atom. The maximum Gasteiger partial charge on any atom is 0.328 e. The van der Waals surface area contributed by atoms with Crippen molar-refractivity contribution in [2.45, 2.75) is 19.1 Å². The second-order valence-corrected chi connectivity index (χ2v) is 7.42. The molecule has 4 rings (SSSR count). The molecule has 0 bridgehead atoms. The van der Waals surface area contributed by atoms with E-state index in [2.05, 4.69) is 9.73 Å². The van der Waals surface area contributed by atoms with Gasteiger partial charge in [-0.05, 0) is 25.1 Å². The molecule has 3 amide bonds. The van der Waals surface area contributed by atoms with E-state index in [1.165, 1.54) is 19.1 Å². The minimum absolute atomic E-state index is 0.435. The molecule has 2 atom stereocenters. The van der Waals surface area contributed by atoms with Crippen molar-refractivity contribution in [2.24, 2.45) is 4.99 Å². The number of amides is 3. The summed E-state index contributed by atoms with van der Waals surface area (Å²) in [4.78, 5) is 47.9. The summed E-state index contributed by atoms with van der Waals surface area (Å²) in [6.45, 7) is 1.42. The molecule has 3 heterocycles. The van der Waals surface area contributed by atoms with E-state index in [1.54, 1.807) is 30.3 Å². The molecule has 0 N–H and O–H groups in total. The number of anilines is 1. The van der Waals surface area contributed by atoms with Gasteiger partial charge in [-0.2, -0.15) is 0 Å². The van der Waals surface area contributed by atoms with Crippen LogP contribution in [0, 0.1) is 0 Å². The maximum absolute atomic E-state index is 13.1. The summed E-state index contributed by atoms with van der Waals surface area (Å²) in [5.74, 6) is -0.146. The Bertz CT molecular complexity index is 1010. The van der Waals surface area contributed by atoms with Crippen LogP contribution in [0.15, 0.2) is 35.1 Å². The van der Waals surface area contributed by atoms with Crippen molar-refractivity contribution in [1.29, 1.82) is 0 Å². The third-order valence-electron chi connectivity index (χ3n) is 5.30. The monoisotopic (exact) mass is 433 g/mol. The number of rotatable bonds is 4. The number of fused-ring (bicyclic) bond motifs is 3. The molecule has 0 aliphatic carbocycles. The molecule has 3 aliphatic heterocycles. The first-order chi connectivity index (χ1) is 14.3. The minimum Gasteiger partial charge on any atom is -0.495 e. The predicted octanol–water partition coefficient (Wildman–Crippen LogP) is 1.46. The second-order valence-electron chi connectivity index (χ2n) is 7.01. The number of imide groups is 1. The zero-order chi connectivity index (χ0) is 21.7. The average molecular weight is 434 g/mol. The summed E-state index contributed by atoms with van der Waals surface area (Å²) in [7, 11) is 4.29. The summed E-state index contributed by atoms with van der Waals surface area (Å²) in [5, 5.41) is 0.435. The number of carbonyl (C=O) groups is 3. The smallest absolute Gasteiger partial charge is 0.328 e. The Morgan fingerprint density at radius 2 is 2.00 bits per heavy atom. The van der Waals surface area contributed by atoms with Gasteiger partial charge < -0.3 is 19.3 Å². The first-order valence-electron chi connectivity index (χ1n) is 9.11. The van der Waals surface area contributed by atoms with E-state index in [0.717, 1.165) is 16.3 Å². The van der Waals surface area contributed by atoms with Crippen molar-refractivity contribution in [2.75, 3.05) is 32.7 Å². The van der Waals surface area contributed by atoms with Crippen LogP contribution in [0.2, 0.25) is 5.02 Å². The lowest BCUT2D eigenvalue weighted by Gasteiger charge is -2.39. The summed E-state index contributed by atoms with van der Waals surface area (Å²) in [5.41, 5.74) is 1.56. The number of hydrogen-bond acceptors (Lipinski definition) is 8. The van der Waals surface area contributed by atoms with Crippen molar-refractivity contribution in [3.63, 3.8) is 0 Å². The van der Waals surface area contributed by atoms with Crippen LogP contribution >= 0.6 is 11.6 Å². The molecule has 11 heteroatoms. The van der Waals surface area contributed by atoms with Gasteiger partial charge in [0, 0.05) is 18.9 Å². The number of allylic oxidation sites excluding steroid dienone is 1. The molecule has 1 fully saturated rings. The van der Waals surface area contributed by atoms with Gasteiger partial charge in [-0.3, -0.25) is 19.4 Å². The number of urea groups is 1. The van der Waals surface area contributed by atoms with Gasteiger partial charge in [0.15, 0.2) is 12.2 Å². The Kier molecular flexibility index (Phi) is 4.81. The first kappa shape index (κ1) is 20.0. The van der Waals surface area contributed by atoms with Gasteiger partial charge in [0.25, 0.3) is 5.91 Å². The summed E-state index contributed by atoms with van der Waals surface area (Å²) < 4.78 is 9.82. The molecule has 158 valence electrons. The molecule has 1 aromatic rings. The highest BCUT2D eigenvalue weighted by molar-refractivity contribution is 6.32. The van der Waals surface area contributed by atoms with Crippen LogP contribution < -0.4 is 9.64 Å². The fraction of sp³-hybridized carbons (Fsp3) is 0.368. The Hall–Kier alpha value is -3.27. The number of ether oxygens (including phenoxy) is 2. The highest BCUT2D eigenvalue weighted by Gasteiger charge is 2.54. The summed E-state index contributed by atoms with van der Waals surface area (Å²) in [6.07, 6.45) is 1.08. The topological polar surface area (TPSA) is 95.0 Å². The zero-order valence-electron chi connectivity index (χ0n) is 16.8. The molecular formula is C19H20ClN5O5. The lowest BCUT2D eigenvalue weighted by Crippen LogP contribution is -2.65. The fourth-order valence-electron chi connectivity index (χ4n) is 3.81. The number of halogens is 1. The van der Waals surface area contributed by atoms with Crippen molar-refractivity contribution in [1.82, 2.24) is 14.7 Å².